The van der Waals surface area contributed by atoms with Crippen molar-refractivity contribution in [2.45, 2.75) is 13.5 Å². The Morgan fingerprint density at radius 3 is 2.75 bits per heavy atom. The van der Waals surface area contributed by atoms with Gasteiger partial charge in [0.15, 0.2) is 0 Å². The molecule has 0 N–H and O–H groups in total. The summed E-state index contributed by atoms with van der Waals surface area (Å²) in [6.45, 7) is -1.17. The third-order valence-corrected chi connectivity index (χ3v) is 1.63. The zero-order valence-electron chi connectivity index (χ0n) is 6.22. The average molecular weight is 238 g/mol. The molecule has 5 heteroatoms. The molecule has 0 aliphatic carbocycles. The summed E-state index contributed by atoms with van der Waals surface area (Å²) < 4.78 is 28.3. The number of aromatic nitrogens is 1. The first-order valence-corrected chi connectivity index (χ1v) is 3.96. The topological polar surface area (TPSA) is 22.1 Å². The maximum atomic E-state index is 11.7. The number of hydrogen-bond acceptors (Lipinski definition) is 2. The van der Waals surface area contributed by atoms with Crippen LogP contribution in [0.15, 0.2) is 16.7 Å². The monoisotopic (exact) mass is 237 g/mol. The van der Waals surface area contributed by atoms with Crippen LogP contribution in [0.4, 0.5) is 8.78 Å². The Bertz CT molecular complexity index is 280. The fourth-order valence-corrected chi connectivity index (χ4v) is 1.18. The Morgan fingerprint density at radius 1 is 1.58 bits per heavy atom. The Kier molecular flexibility index (Phi) is 2.97. The van der Waals surface area contributed by atoms with E-state index in [4.69, 9.17) is 0 Å². The van der Waals surface area contributed by atoms with E-state index in [1.807, 2.05) is 0 Å². The molecule has 0 aliphatic heterocycles. The van der Waals surface area contributed by atoms with Gasteiger partial charge in [-0.2, -0.15) is 8.78 Å². The van der Waals surface area contributed by atoms with Crippen LogP contribution < -0.4 is 4.74 Å². The fraction of sp³-hybridized carbons (Fsp3) is 0.286. The standard InChI is InChI=1S/C7H6BrF2NO/c1-4-2-5(8)3-11-6(4)12-7(9)10/h2-3,7H,1H3. The summed E-state index contributed by atoms with van der Waals surface area (Å²) in [5.41, 5.74) is 0.574. The first kappa shape index (κ1) is 9.38. The van der Waals surface area contributed by atoms with E-state index in [1.165, 1.54) is 6.20 Å². The van der Waals surface area contributed by atoms with E-state index in [9.17, 15) is 8.78 Å². The minimum atomic E-state index is -2.82. The van der Waals surface area contributed by atoms with Gasteiger partial charge in [-0.05, 0) is 28.9 Å². The lowest BCUT2D eigenvalue weighted by molar-refractivity contribution is -0.0533. The molecule has 0 spiro atoms. The molecule has 2 nitrogen and oxygen atoms in total. The molecular weight excluding hydrogens is 232 g/mol. The van der Waals surface area contributed by atoms with Gasteiger partial charge >= 0.3 is 6.61 Å². The number of ether oxygens (including phenoxy) is 1. The predicted molar refractivity (Wildman–Crippen MR) is 43.3 cm³/mol. The highest BCUT2D eigenvalue weighted by Gasteiger charge is 2.07. The van der Waals surface area contributed by atoms with Gasteiger partial charge in [-0.3, -0.25) is 0 Å². The molecule has 0 saturated heterocycles. The number of halogens is 3. The lowest BCUT2D eigenvalue weighted by Crippen LogP contribution is -2.04. The van der Waals surface area contributed by atoms with Crippen LogP contribution in [0.5, 0.6) is 5.88 Å². The lowest BCUT2D eigenvalue weighted by atomic mass is 10.3. The van der Waals surface area contributed by atoms with Gasteiger partial charge in [-0.25, -0.2) is 4.98 Å². The van der Waals surface area contributed by atoms with E-state index in [0.29, 0.717) is 5.56 Å². The highest BCUT2D eigenvalue weighted by atomic mass is 79.9. The lowest BCUT2D eigenvalue weighted by Gasteiger charge is -2.05. The van der Waals surface area contributed by atoms with E-state index in [2.05, 4.69) is 25.7 Å². The molecule has 0 atom stereocenters. The number of hydrogen-bond donors (Lipinski definition) is 0. The minimum Gasteiger partial charge on any atom is -0.417 e. The molecule has 0 bridgehead atoms. The summed E-state index contributed by atoms with van der Waals surface area (Å²) in [5, 5.41) is 0. The summed E-state index contributed by atoms with van der Waals surface area (Å²) in [7, 11) is 0. The Balaban J connectivity index is 2.86. The van der Waals surface area contributed by atoms with Crippen LogP contribution in [0.2, 0.25) is 0 Å². The molecule has 1 aromatic heterocycles. The molecule has 0 aromatic carbocycles. The zero-order chi connectivity index (χ0) is 9.14. The zero-order valence-corrected chi connectivity index (χ0v) is 7.81. The Labute approximate surface area is 76.7 Å². The summed E-state index contributed by atoms with van der Waals surface area (Å²) >= 11 is 3.16. The van der Waals surface area contributed by atoms with Gasteiger partial charge in [0.2, 0.25) is 5.88 Å². The van der Waals surface area contributed by atoms with Crippen molar-refractivity contribution in [1.29, 1.82) is 0 Å². The maximum Gasteiger partial charge on any atom is 0.388 e. The van der Waals surface area contributed by atoms with Crippen LogP contribution in [0.1, 0.15) is 5.56 Å². The highest BCUT2D eigenvalue weighted by Crippen LogP contribution is 2.19. The van der Waals surface area contributed by atoms with Crippen molar-refractivity contribution in [3.05, 3.63) is 22.3 Å². The SMILES string of the molecule is Cc1cc(Br)cnc1OC(F)F. The molecule has 1 heterocycles. The van der Waals surface area contributed by atoms with E-state index < -0.39 is 6.61 Å². The Morgan fingerprint density at radius 2 is 2.25 bits per heavy atom. The molecule has 1 rings (SSSR count). The van der Waals surface area contributed by atoms with Gasteiger partial charge in [0.25, 0.3) is 0 Å². The van der Waals surface area contributed by atoms with Crippen LogP contribution in [-0.4, -0.2) is 11.6 Å². The van der Waals surface area contributed by atoms with E-state index in [0.717, 1.165) is 4.47 Å². The van der Waals surface area contributed by atoms with Gasteiger partial charge in [-0.15, -0.1) is 0 Å². The number of rotatable bonds is 2. The van der Waals surface area contributed by atoms with Gasteiger partial charge in [-0.1, -0.05) is 0 Å². The summed E-state index contributed by atoms with van der Waals surface area (Å²) in [6.07, 6.45) is 1.41. The first-order chi connectivity index (χ1) is 5.59. The smallest absolute Gasteiger partial charge is 0.388 e. The van der Waals surface area contributed by atoms with Gasteiger partial charge in [0, 0.05) is 16.2 Å². The molecule has 12 heavy (non-hydrogen) atoms. The molecule has 0 aliphatic rings. The van der Waals surface area contributed by atoms with Crippen molar-refractivity contribution >= 4 is 15.9 Å². The van der Waals surface area contributed by atoms with Crippen molar-refractivity contribution in [1.82, 2.24) is 4.98 Å². The fourth-order valence-electron chi connectivity index (χ4n) is 0.736. The van der Waals surface area contributed by atoms with Crippen LogP contribution in [0.25, 0.3) is 0 Å². The van der Waals surface area contributed by atoms with Crippen LogP contribution in [0, 0.1) is 6.92 Å². The highest BCUT2D eigenvalue weighted by molar-refractivity contribution is 9.10. The van der Waals surface area contributed by atoms with Crippen molar-refractivity contribution in [2.75, 3.05) is 0 Å². The molecule has 0 unspecified atom stereocenters. The average Bonchev–Trinajstić information content (AvgIpc) is 1.94. The number of aryl methyl sites for hydroxylation is 1. The van der Waals surface area contributed by atoms with Crippen molar-refractivity contribution in [2.24, 2.45) is 0 Å². The van der Waals surface area contributed by atoms with Crippen molar-refractivity contribution in [3.63, 3.8) is 0 Å². The summed E-state index contributed by atoms with van der Waals surface area (Å²) in [6, 6.07) is 1.66. The largest absolute Gasteiger partial charge is 0.417 e. The molecule has 0 fully saturated rings. The van der Waals surface area contributed by atoms with Crippen LogP contribution >= 0.6 is 15.9 Å². The molecular formula is C7H6BrF2NO. The van der Waals surface area contributed by atoms with Crippen LogP contribution in [0.3, 0.4) is 0 Å². The second-order valence-electron chi connectivity index (χ2n) is 2.15. The maximum absolute atomic E-state index is 11.7. The predicted octanol–water partition coefficient (Wildman–Crippen LogP) is 2.75. The second kappa shape index (κ2) is 3.80. The van der Waals surface area contributed by atoms with E-state index in [1.54, 1.807) is 13.0 Å². The third-order valence-electron chi connectivity index (χ3n) is 1.20. The summed E-state index contributed by atoms with van der Waals surface area (Å²) in [4.78, 5) is 3.67. The second-order valence-corrected chi connectivity index (χ2v) is 3.07. The van der Waals surface area contributed by atoms with E-state index in [-0.39, 0.29) is 5.88 Å². The van der Waals surface area contributed by atoms with Crippen molar-refractivity contribution in [3.8, 4) is 5.88 Å². The Hall–Kier alpha value is -0.710. The third kappa shape index (κ3) is 2.41. The normalized spacial score (nSPS) is 10.4. The van der Waals surface area contributed by atoms with Gasteiger partial charge in [0.1, 0.15) is 0 Å². The van der Waals surface area contributed by atoms with E-state index >= 15 is 0 Å². The molecule has 1 aromatic rings. The molecule has 0 saturated carbocycles. The van der Waals surface area contributed by atoms with Gasteiger partial charge in [0.05, 0.1) is 0 Å². The number of pyridine rings is 1. The van der Waals surface area contributed by atoms with Gasteiger partial charge < -0.3 is 4.74 Å². The minimum absolute atomic E-state index is 0.0341. The quantitative estimate of drug-likeness (QED) is 0.790. The van der Waals surface area contributed by atoms with Crippen molar-refractivity contribution < 1.29 is 13.5 Å². The number of alkyl halides is 2. The summed E-state index contributed by atoms with van der Waals surface area (Å²) in [5.74, 6) is -0.0341. The van der Waals surface area contributed by atoms with Crippen LogP contribution in [-0.2, 0) is 0 Å². The molecule has 66 valence electrons. The first-order valence-electron chi connectivity index (χ1n) is 3.16. The number of nitrogens with zero attached hydrogens (tertiary/aromatic N) is 1. The molecule has 0 amide bonds. The molecule has 0 radical (unpaired) electrons.